The van der Waals surface area contributed by atoms with Gasteiger partial charge in [0.25, 0.3) is 0 Å². The predicted octanol–water partition coefficient (Wildman–Crippen LogP) is 6.54. The van der Waals surface area contributed by atoms with E-state index in [4.69, 9.17) is 3.07 Å². The van der Waals surface area contributed by atoms with Crippen LogP contribution < -0.4 is 0 Å². The van der Waals surface area contributed by atoms with Crippen molar-refractivity contribution in [2.75, 3.05) is 6.61 Å². The molecule has 116 valence electrons. The summed E-state index contributed by atoms with van der Waals surface area (Å²) < 4.78 is 10.9. The van der Waals surface area contributed by atoms with Gasteiger partial charge in [-0.05, 0) is 0 Å². The number of hydrogen-bond acceptors (Lipinski definition) is 1. The third-order valence-electron chi connectivity index (χ3n) is 4.27. The number of unbranched alkanes of at least 4 members (excludes halogenated alkanes) is 6. The summed E-state index contributed by atoms with van der Waals surface area (Å²) >= 11 is -2.18. The van der Waals surface area contributed by atoms with Gasteiger partial charge in [0, 0.05) is 0 Å². The fourth-order valence-corrected chi connectivity index (χ4v) is 14.2. The Morgan fingerprint density at radius 2 is 1.16 bits per heavy atom. The van der Waals surface area contributed by atoms with Crippen LogP contribution in [-0.2, 0) is 3.07 Å². The topological polar surface area (TPSA) is 9.23 Å². The average molecular weight is 377 g/mol. The van der Waals surface area contributed by atoms with Crippen LogP contribution in [0.3, 0.4) is 0 Å². The third-order valence-corrected chi connectivity index (χ3v) is 17.5. The molecule has 2 heteroatoms. The molecular formula is C17H38OSn. The molecule has 0 aliphatic carbocycles. The summed E-state index contributed by atoms with van der Waals surface area (Å²) in [7, 11) is 0. The predicted molar refractivity (Wildman–Crippen MR) is 90.4 cm³/mol. The van der Waals surface area contributed by atoms with Crippen LogP contribution in [0.1, 0.15) is 85.5 Å². The molecule has 0 fully saturated rings. The fraction of sp³-hybridized carbons (Fsp3) is 1.00. The minimum atomic E-state index is -2.18. The zero-order valence-electron chi connectivity index (χ0n) is 14.1. The zero-order valence-corrected chi connectivity index (χ0v) is 17.0. The SMILES string of the molecule is CCCCCCC[O][Sn]([CH2]C)([CH2]CCC)[CH2]CCC. The van der Waals surface area contributed by atoms with Gasteiger partial charge in [-0.3, -0.25) is 0 Å². The molecule has 0 aromatic carbocycles. The van der Waals surface area contributed by atoms with E-state index in [0.717, 1.165) is 6.61 Å². The molecule has 0 atom stereocenters. The fourth-order valence-electron chi connectivity index (χ4n) is 2.72. The molecule has 19 heavy (non-hydrogen) atoms. The standard InChI is InChI=1S/C7H15O.2C4H9.C2H5.Sn/c1-2-3-4-5-6-7-8;2*1-3-4-2;1-2;/h2-7H2,1H3;2*1,3-4H2,2H3;1H2,2H3;/q-1;;;;+1. The number of rotatable bonds is 14. The molecule has 0 amide bonds. The van der Waals surface area contributed by atoms with E-state index in [1.165, 1.54) is 71.1 Å². The molecule has 1 nitrogen and oxygen atoms in total. The van der Waals surface area contributed by atoms with Crippen molar-refractivity contribution in [1.29, 1.82) is 0 Å². The maximum atomic E-state index is 6.57. The quantitative estimate of drug-likeness (QED) is 0.247. The van der Waals surface area contributed by atoms with Crippen LogP contribution in [0.2, 0.25) is 13.3 Å². The van der Waals surface area contributed by atoms with Crippen molar-refractivity contribution >= 4 is 18.8 Å². The van der Waals surface area contributed by atoms with Crippen molar-refractivity contribution in [3.05, 3.63) is 0 Å². The van der Waals surface area contributed by atoms with Gasteiger partial charge in [0.2, 0.25) is 0 Å². The molecule has 0 bridgehead atoms. The summed E-state index contributed by atoms with van der Waals surface area (Å²) in [6.45, 7) is 10.4. The van der Waals surface area contributed by atoms with Crippen LogP contribution in [0.5, 0.6) is 0 Å². The van der Waals surface area contributed by atoms with Gasteiger partial charge in [-0.15, -0.1) is 0 Å². The summed E-state index contributed by atoms with van der Waals surface area (Å²) in [5.41, 5.74) is 0. The van der Waals surface area contributed by atoms with Gasteiger partial charge in [-0.1, -0.05) is 0 Å². The molecular weight excluding hydrogens is 339 g/mol. The average Bonchev–Trinajstić information content (AvgIpc) is 2.45. The number of hydrogen-bond donors (Lipinski definition) is 0. The van der Waals surface area contributed by atoms with Gasteiger partial charge in [0.05, 0.1) is 0 Å². The Labute approximate surface area is 127 Å². The molecule has 0 saturated carbocycles. The van der Waals surface area contributed by atoms with Crippen molar-refractivity contribution < 1.29 is 3.07 Å². The first-order valence-corrected chi connectivity index (χ1v) is 16.1. The molecule has 0 aliphatic rings. The summed E-state index contributed by atoms with van der Waals surface area (Å²) in [5.74, 6) is 0. The van der Waals surface area contributed by atoms with Crippen LogP contribution in [0.25, 0.3) is 0 Å². The summed E-state index contributed by atoms with van der Waals surface area (Å²) in [5, 5.41) is 0. The Kier molecular flexibility index (Phi) is 14.3. The Morgan fingerprint density at radius 1 is 0.632 bits per heavy atom. The van der Waals surface area contributed by atoms with E-state index < -0.39 is 18.8 Å². The van der Waals surface area contributed by atoms with Crippen molar-refractivity contribution in [3.63, 3.8) is 0 Å². The van der Waals surface area contributed by atoms with E-state index in [1.807, 2.05) is 0 Å². The molecule has 0 N–H and O–H groups in total. The maximum absolute atomic E-state index is 6.57. The molecule has 0 aromatic rings. The van der Waals surface area contributed by atoms with Crippen molar-refractivity contribution in [1.82, 2.24) is 0 Å². The van der Waals surface area contributed by atoms with Gasteiger partial charge in [-0.25, -0.2) is 0 Å². The normalized spacial score (nSPS) is 12.0. The minimum absolute atomic E-state index is 1.07. The zero-order chi connectivity index (χ0) is 14.4. The first kappa shape index (κ1) is 19.8. The molecule has 0 rings (SSSR count). The monoisotopic (exact) mass is 378 g/mol. The Hall–Kier alpha value is 0.759. The summed E-state index contributed by atoms with van der Waals surface area (Å²) in [6.07, 6.45) is 12.3. The van der Waals surface area contributed by atoms with Crippen molar-refractivity contribution in [3.8, 4) is 0 Å². The molecule has 0 spiro atoms. The molecule has 0 heterocycles. The van der Waals surface area contributed by atoms with E-state index in [2.05, 4.69) is 27.7 Å². The third kappa shape index (κ3) is 10.2. The van der Waals surface area contributed by atoms with E-state index >= 15 is 0 Å². The van der Waals surface area contributed by atoms with Crippen LogP contribution in [0, 0.1) is 0 Å². The molecule has 0 aliphatic heterocycles. The second kappa shape index (κ2) is 13.7. The first-order valence-electron chi connectivity index (χ1n) is 8.88. The molecule has 0 aromatic heterocycles. The van der Waals surface area contributed by atoms with Gasteiger partial charge >= 0.3 is 127 Å². The van der Waals surface area contributed by atoms with Gasteiger partial charge in [-0.2, -0.15) is 0 Å². The van der Waals surface area contributed by atoms with E-state index in [0.29, 0.717) is 0 Å². The van der Waals surface area contributed by atoms with E-state index in [-0.39, 0.29) is 0 Å². The van der Waals surface area contributed by atoms with Crippen molar-refractivity contribution in [2.24, 2.45) is 0 Å². The summed E-state index contributed by atoms with van der Waals surface area (Å²) in [6, 6.07) is 0. The molecule has 0 radical (unpaired) electrons. The summed E-state index contributed by atoms with van der Waals surface area (Å²) in [4.78, 5) is 0. The van der Waals surface area contributed by atoms with Crippen LogP contribution in [-0.4, -0.2) is 25.4 Å². The molecule has 0 unspecified atom stereocenters. The second-order valence-corrected chi connectivity index (χ2v) is 18.5. The van der Waals surface area contributed by atoms with Crippen LogP contribution in [0.15, 0.2) is 0 Å². The first-order chi connectivity index (χ1) is 9.24. The van der Waals surface area contributed by atoms with Crippen LogP contribution >= 0.6 is 0 Å². The van der Waals surface area contributed by atoms with Gasteiger partial charge < -0.3 is 0 Å². The van der Waals surface area contributed by atoms with E-state index in [1.54, 1.807) is 0 Å². The Morgan fingerprint density at radius 3 is 1.63 bits per heavy atom. The molecule has 0 saturated heterocycles. The van der Waals surface area contributed by atoms with Crippen LogP contribution in [0.4, 0.5) is 0 Å². The van der Waals surface area contributed by atoms with E-state index in [9.17, 15) is 0 Å². The Bertz CT molecular complexity index is 174. The Balaban J connectivity index is 4.00. The van der Waals surface area contributed by atoms with Gasteiger partial charge in [0.15, 0.2) is 0 Å². The van der Waals surface area contributed by atoms with Gasteiger partial charge in [0.1, 0.15) is 0 Å². The second-order valence-electron chi connectivity index (χ2n) is 6.01. The van der Waals surface area contributed by atoms with Crippen molar-refractivity contribution in [2.45, 2.75) is 98.8 Å².